The van der Waals surface area contributed by atoms with E-state index in [0.717, 1.165) is 14.3 Å². The zero-order valence-electron chi connectivity index (χ0n) is 10.9. The van der Waals surface area contributed by atoms with Crippen molar-refractivity contribution in [2.24, 2.45) is 0 Å². The fourth-order valence-electron chi connectivity index (χ4n) is 1.61. The zero-order chi connectivity index (χ0) is 14.5. The van der Waals surface area contributed by atoms with Crippen molar-refractivity contribution in [3.05, 3.63) is 52.5 Å². The molecule has 2 rings (SSSR count). The predicted octanol–water partition coefficient (Wildman–Crippen LogP) is 4.36. The van der Waals surface area contributed by atoms with Crippen molar-refractivity contribution in [2.75, 3.05) is 12.3 Å². The summed E-state index contributed by atoms with van der Waals surface area (Å²) in [6.07, 6.45) is 0. The van der Waals surface area contributed by atoms with Crippen LogP contribution < -0.4 is 5.73 Å². The summed E-state index contributed by atoms with van der Waals surface area (Å²) >= 11 is 4.96. The maximum absolute atomic E-state index is 11.6. The third kappa shape index (κ3) is 3.77. The molecule has 0 saturated carbocycles. The molecule has 0 aliphatic rings. The average molecular weight is 352 g/mol. The lowest BCUT2D eigenvalue weighted by Gasteiger charge is -2.08. The third-order valence-electron chi connectivity index (χ3n) is 2.56. The highest BCUT2D eigenvalue weighted by atomic mass is 79.9. The van der Waals surface area contributed by atoms with Gasteiger partial charge in [-0.1, -0.05) is 27.7 Å². The Balaban J connectivity index is 2.17. The molecule has 5 heteroatoms. The topological polar surface area (TPSA) is 52.3 Å². The number of esters is 1. The number of benzene rings is 2. The number of carbonyl (C=O) groups excluding carboxylic acids is 1. The number of hydrogen-bond acceptors (Lipinski definition) is 4. The maximum atomic E-state index is 11.6. The van der Waals surface area contributed by atoms with Gasteiger partial charge < -0.3 is 10.5 Å². The van der Waals surface area contributed by atoms with Crippen LogP contribution in [0.4, 0.5) is 5.69 Å². The maximum Gasteiger partial charge on any atom is 0.338 e. The molecule has 20 heavy (non-hydrogen) atoms. The summed E-state index contributed by atoms with van der Waals surface area (Å²) in [5.41, 5.74) is 7.04. The van der Waals surface area contributed by atoms with Crippen LogP contribution in [0, 0.1) is 0 Å². The molecule has 0 aliphatic heterocycles. The van der Waals surface area contributed by atoms with Crippen LogP contribution in [-0.4, -0.2) is 12.6 Å². The first-order valence-electron chi connectivity index (χ1n) is 6.10. The van der Waals surface area contributed by atoms with Gasteiger partial charge >= 0.3 is 5.97 Å². The number of halogens is 1. The Hall–Kier alpha value is -1.46. The minimum Gasteiger partial charge on any atom is -0.462 e. The van der Waals surface area contributed by atoms with E-state index >= 15 is 0 Å². The summed E-state index contributed by atoms with van der Waals surface area (Å²) in [7, 11) is 0. The Labute approximate surface area is 130 Å². The lowest BCUT2D eigenvalue weighted by molar-refractivity contribution is 0.0526. The van der Waals surface area contributed by atoms with E-state index < -0.39 is 0 Å². The second-order valence-corrected chi connectivity index (χ2v) is 6.06. The Kier molecular flexibility index (Phi) is 5.09. The SMILES string of the molecule is CCOC(=O)c1ccc(Sc2ccc(Br)cc2)c(N)c1. The van der Waals surface area contributed by atoms with Crippen molar-refractivity contribution in [2.45, 2.75) is 16.7 Å². The summed E-state index contributed by atoms with van der Waals surface area (Å²) in [4.78, 5) is 13.6. The number of anilines is 1. The first kappa shape index (κ1) is 14.9. The molecule has 0 radical (unpaired) electrons. The lowest BCUT2D eigenvalue weighted by atomic mass is 10.2. The molecule has 0 heterocycles. The van der Waals surface area contributed by atoms with Crippen molar-refractivity contribution >= 4 is 39.3 Å². The smallest absolute Gasteiger partial charge is 0.338 e. The summed E-state index contributed by atoms with van der Waals surface area (Å²) in [6.45, 7) is 2.13. The molecule has 0 atom stereocenters. The highest BCUT2D eigenvalue weighted by Gasteiger charge is 2.09. The monoisotopic (exact) mass is 351 g/mol. The van der Waals surface area contributed by atoms with Crippen LogP contribution in [0.1, 0.15) is 17.3 Å². The van der Waals surface area contributed by atoms with Crippen LogP contribution in [-0.2, 0) is 4.74 Å². The van der Waals surface area contributed by atoms with Gasteiger partial charge in [-0.05, 0) is 49.4 Å². The second-order valence-electron chi connectivity index (χ2n) is 4.03. The molecule has 0 aromatic heterocycles. The van der Waals surface area contributed by atoms with Crippen molar-refractivity contribution in [1.29, 1.82) is 0 Å². The minimum atomic E-state index is -0.348. The van der Waals surface area contributed by atoms with Crippen LogP contribution in [0.5, 0.6) is 0 Å². The number of nitrogens with two attached hydrogens (primary N) is 1. The summed E-state index contributed by atoms with van der Waals surface area (Å²) in [5.74, 6) is -0.348. The molecular formula is C15H14BrNO2S. The van der Waals surface area contributed by atoms with Gasteiger partial charge in [0.1, 0.15) is 0 Å². The highest BCUT2D eigenvalue weighted by molar-refractivity contribution is 9.10. The van der Waals surface area contributed by atoms with Crippen molar-refractivity contribution in [1.82, 2.24) is 0 Å². The lowest BCUT2D eigenvalue weighted by Crippen LogP contribution is -2.05. The van der Waals surface area contributed by atoms with E-state index in [4.69, 9.17) is 10.5 Å². The van der Waals surface area contributed by atoms with Gasteiger partial charge in [0.15, 0.2) is 0 Å². The number of nitrogen functional groups attached to an aromatic ring is 1. The molecule has 0 spiro atoms. The number of ether oxygens (including phenoxy) is 1. The Morgan fingerprint density at radius 2 is 1.95 bits per heavy atom. The largest absolute Gasteiger partial charge is 0.462 e. The fraction of sp³-hybridized carbons (Fsp3) is 0.133. The Morgan fingerprint density at radius 3 is 2.55 bits per heavy atom. The van der Waals surface area contributed by atoms with Gasteiger partial charge in [-0.2, -0.15) is 0 Å². The first-order valence-corrected chi connectivity index (χ1v) is 7.71. The summed E-state index contributed by atoms with van der Waals surface area (Å²) in [5, 5.41) is 0. The molecule has 0 saturated heterocycles. The summed E-state index contributed by atoms with van der Waals surface area (Å²) in [6, 6.07) is 13.2. The van der Waals surface area contributed by atoms with Crippen LogP contribution in [0.25, 0.3) is 0 Å². The van der Waals surface area contributed by atoms with E-state index in [1.165, 1.54) is 0 Å². The molecule has 0 bridgehead atoms. The zero-order valence-corrected chi connectivity index (χ0v) is 13.3. The van der Waals surface area contributed by atoms with Gasteiger partial charge in [0.25, 0.3) is 0 Å². The molecule has 2 aromatic rings. The van der Waals surface area contributed by atoms with Gasteiger partial charge in [-0.25, -0.2) is 4.79 Å². The predicted molar refractivity (Wildman–Crippen MR) is 85.1 cm³/mol. The van der Waals surface area contributed by atoms with Crippen LogP contribution >= 0.6 is 27.7 Å². The summed E-state index contributed by atoms with van der Waals surface area (Å²) < 4.78 is 5.98. The van der Waals surface area contributed by atoms with E-state index in [9.17, 15) is 4.79 Å². The third-order valence-corrected chi connectivity index (χ3v) is 4.19. The standard InChI is InChI=1S/C15H14BrNO2S/c1-2-19-15(18)10-3-8-14(13(17)9-10)20-12-6-4-11(16)5-7-12/h3-9H,2,17H2,1H3. The van der Waals surface area contributed by atoms with Gasteiger partial charge in [0.2, 0.25) is 0 Å². The van der Waals surface area contributed by atoms with Gasteiger partial charge in [-0.3, -0.25) is 0 Å². The van der Waals surface area contributed by atoms with E-state index in [-0.39, 0.29) is 5.97 Å². The molecule has 2 aromatic carbocycles. The van der Waals surface area contributed by atoms with Gasteiger partial charge in [-0.15, -0.1) is 0 Å². The van der Waals surface area contributed by atoms with Crippen molar-refractivity contribution in [3.8, 4) is 0 Å². The molecule has 104 valence electrons. The van der Waals surface area contributed by atoms with E-state index in [1.54, 1.807) is 30.8 Å². The molecule has 2 N–H and O–H groups in total. The second kappa shape index (κ2) is 6.81. The normalized spacial score (nSPS) is 10.3. The molecule has 0 amide bonds. The number of carbonyl (C=O) groups is 1. The van der Waals surface area contributed by atoms with Crippen molar-refractivity contribution in [3.63, 3.8) is 0 Å². The quantitative estimate of drug-likeness (QED) is 0.656. The molecule has 0 aliphatic carbocycles. The number of hydrogen-bond donors (Lipinski definition) is 1. The van der Waals surface area contributed by atoms with Crippen molar-refractivity contribution < 1.29 is 9.53 Å². The van der Waals surface area contributed by atoms with Crippen LogP contribution in [0.15, 0.2) is 56.7 Å². The van der Waals surface area contributed by atoms with E-state index in [2.05, 4.69) is 15.9 Å². The van der Waals surface area contributed by atoms with E-state index in [0.29, 0.717) is 17.9 Å². The average Bonchev–Trinajstić information content (AvgIpc) is 2.43. The highest BCUT2D eigenvalue weighted by Crippen LogP contribution is 2.33. The van der Waals surface area contributed by atoms with E-state index in [1.807, 2.05) is 30.3 Å². The first-order chi connectivity index (χ1) is 9.60. The molecule has 3 nitrogen and oxygen atoms in total. The Bertz CT molecular complexity index is 614. The van der Waals surface area contributed by atoms with Gasteiger partial charge in [0, 0.05) is 20.0 Å². The Morgan fingerprint density at radius 1 is 1.25 bits per heavy atom. The van der Waals surface area contributed by atoms with Crippen LogP contribution in [0.3, 0.4) is 0 Å². The molecular weight excluding hydrogens is 338 g/mol. The number of rotatable bonds is 4. The fourth-order valence-corrected chi connectivity index (χ4v) is 2.72. The molecule has 0 fully saturated rings. The van der Waals surface area contributed by atoms with Crippen LogP contribution in [0.2, 0.25) is 0 Å². The molecule has 0 unspecified atom stereocenters. The van der Waals surface area contributed by atoms with Gasteiger partial charge in [0.05, 0.1) is 12.2 Å². The minimum absolute atomic E-state index is 0.348.